The molecule has 0 bridgehead atoms. The Labute approximate surface area is 132 Å². The van der Waals surface area contributed by atoms with E-state index >= 15 is 0 Å². The second kappa shape index (κ2) is 6.76. The number of nitrogens with one attached hydrogen (secondary N) is 1. The van der Waals surface area contributed by atoms with Gasteiger partial charge in [0.2, 0.25) is 0 Å². The first-order valence-electron chi connectivity index (χ1n) is 8.10. The van der Waals surface area contributed by atoms with Gasteiger partial charge in [-0.15, -0.1) is 11.3 Å². The lowest BCUT2D eigenvalue weighted by Crippen LogP contribution is -2.25. The maximum atomic E-state index is 3.68. The molecule has 1 aliphatic rings. The maximum Gasteiger partial charge on any atom is 0.0302 e. The highest BCUT2D eigenvalue weighted by Gasteiger charge is 2.14. The Morgan fingerprint density at radius 2 is 2.14 bits per heavy atom. The van der Waals surface area contributed by atoms with Gasteiger partial charge in [-0.3, -0.25) is 0 Å². The van der Waals surface area contributed by atoms with Gasteiger partial charge in [0.25, 0.3) is 0 Å². The predicted molar refractivity (Wildman–Crippen MR) is 92.1 cm³/mol. The molecule has 1 aliphatic carbocycles. The number of rotatable bonds is 6. The lowest BCUT2D eigenvalue weighted by atomic mass is 10.0. The number of benzene rings is 1. The molecule has 0 aliphatic heterocycles. The molecule has 0 amide bonds. The zero-order valence-corrected chi connectivity index (χ0v) is 13.9. The van der Waals surface area contributed by atoms with Crippen LogP contribution in [0.4, 0.5) is 0 Å². The van der Waals surface area contributed by atoms with E-state index in [-0.39, 0.29) is 0 Å². The normalized spacial score (nSPS) is 15.1. The summed E-state index contributed by atoms with van der Waals surface area (Å²) in [6, 6.07) is 11.9. The highest BCUT2D eigenvalue weighted by Crippen LogP contribution is 2.30. The van der Waals surface area contributed by atoms with Crippen molar-refractivity contribution in [3.05, 3.63) is 56.8 Å². The van der Waals surface area contributed by atoms with Crippen LogP contribution in [0.15, 0.2) is 30.3 Å². The molecule has 0 radical (unpaired) electrons. The van der Waals surface area contributed by atoms with Gasteiger partial charge in [-0.05, 0) is 63.1 Å². The third kappa shape index (κ3) is 3.96. The number of hydrogen-bond acceptors (Lipinski definition) is 2. The third-order valence-electron chi connectivity index (χ3n) is 4.37. The molecule has 1 atom stereocenters. The van der Waals surface area contributed by atoms with Crippen LogP contribution in [-0.4, -0.2) is 6.04 Å². The first-order valence-corrected chi connectivity index (χ1v) is 8.92. The minimum atomic E-state index is 0.572. The lowest BCUT2D eigenvalue weighted by molar-refractivity contribution is 0.516. The Balaban J connectivity index is 1.44. The maximum absolute atomic E-state index is 3.68. The van der Waals surface area contributed by atoms with Gasteiger partial charge in [0.05, 0.1) is 0 Å². The molecule has 0 spiro atoms. The van der Waals surface area contributed by atoms with E-state index in [0.717, 1.165) is 13.0 Å². The average molecular weight is 299 g/mol. The van der Waals surface area contributed by atoms with E-state index in [4.69, 9.17) is 0 Å². The minimum absolute atomic E-state index is 0.572. The van der Waals surface area contributed by atoms with Gasteiger partial charge in [-0.1, -0.05) is 29.8 Å². The molecule has 2 aromatic rings. The molecule has 1 nitrogen and oxygen atoms in total. The van der Waals surface area contributed by atoms with Crippen molar-refractivity contribution in [1.82, 2.24) is 5.32 Å². The number of fused-ring (bicyclic) bond motifs is 1. The summed E-state index contributed by atoms with van der Waals surface area (Å²) in [6.07, 6.45) is 6.34. The first kappa shape index (κ1) is 14.8. The van der Waals surface area contributed by atoms with Gasteiger partial charge < -0.3 is 5.32 Å². The van der Waals surface area contributed by atoms with E-state index in [2.05, 4.69) is 49.5 Å². The zero-order valence-electron chi connectivity index (χ0n) is 13.1. The Kier molecular flexibility index (Phi) is 4.77. The van der Waals surface area contributed by atoms with Crippen LogP contribution in [0.3, 0.4) is 0 Å². The Morgan fingerprint density at radius 1 is 1.24 bits per heavy atom. The van der Waals surface area contributed by atoms with E-state index in [9.17, 15) is 0 Å². The van der Waals surface area contributed by atoms with E-state index in [1.807, 2.05) is 11.3 Å². The summed E-state index contributed by atoms with van der Waals surface area (Å²) < 4.78 is 0. The van der Waals surface area contributed by atoms with Crippen molar-refractivity contribution in [3.8, 4) is 0 Å². The van der Waals surface area contributed by atoms with Gasteiger partial charge in [-0.25, -0.2) is 0 Å². The number of aryl methyl sites for hydroxylation is 4. The molecule has 1 unspecified atom stereocenters. The molecule has 1 aromatic carbocycles. The van der Waals surface area contributed by atoms with Crippen molar-refractivity contribution >= 4 is 11.3 Å². The Hall–Kier alpha value is -1.12. The van der Waals surface area contributed by atoms with Crippen LogP contribution in [0.25, 0.3) is 0 Å². The minimum Gasteiger partial charge on any atom is -0.309 e. The third-order valence-corrected chi connectivity index (χ3v) is 5.61. The van der Waals surface area contributed by atoms with Gasteiger partial charge in [0.15, 0.2) is 0 Å². The monoisotopic (exact) mass is 299 g/mol. The number of hydrogen-bond donors (Lipinski definition) is 1. The molecule has 21 heavy (non-hydrogen) atoms. The molecule has 0 saturated carbocycles. The van der Waals surface area contributed by atoms with Crippen LogP contribution >= 0.6 is 11.3 Å². The van der Waals surface area contributed by atoms with Gasteiger partial charge in [-0.2, -0.15) is 0 Å². The summed E-state index contributed by atoms with van der Waals surface area (Å²) in [5, 5.41) is 3.68. The summed E-state index contributed by atoms with van der Waals surface area (Å²) >= 11 is 2.02. The lowest BCUT2D eigenvalue weighted by Gasteiger charge is -2.13. The smallest absolute Gasteiger partial charge is 0.0302 e. The summed E-state index contributed by atoms with van der Waals surface area (Å²) in [6.45, 7) is 5.50. The van der Waals surface area contributed by atoms with E-state index in [1.165, 1.54) is 41.7 Å². The quantitative estimate of drug-likeness (QED) is 0.818. The predicted octanol–water partition coefficient (Wildman–Crippen LogP) is 4.66. The van der Waals surface area contributed by atoms with Gasteiger partial charge in [0, 0.05) is 22.3 Å². The van der Waals surface area contributed by atoms with Crippen molar-refractivity contribution in [2.45, 2.75) is 58.5 Å². The van der Waals surface area contributed by atoms with Crippen LogP contribution in [-0.2, 0) is 25.8 Å². The summed E-state index contributed by atoms with van der Waals surface area (Å²) in [5.74, 6) is 0. The fraction of sp³-hybridized carbons (Fsp3) is 0.474. The van der Waals surface area contributed by atoms with Crippen molar-refractivity contribution in [3.63, 3.8) is 0 Å². The summed E-state index contributed by atoms with van der Waals surface area (Å²) in [5.41, 5.74) is 4.43. The molecule has 1 heterocycles. The molecule has 0 saturated heterocycles. The van der Waals surface area contributed by atoms with E-state index in [0.29, 0.717) is 6.04 Å². The zero-order chi connectivity index (χ0) is 14.7. The van der Waals surface area contributed by atoms with E-state index < -0.39 is 0 Å². The second-order valence-electron chi connectivity index (χ2n) is 6.32. The van der Waals surface area contributed by atoms with Crippen molar-refractivity contribution in [2.24, 2.45) is 0 Å². The largest absolute Gasteiger partial charge is 0.309 e. The summed E-state index contributed by atoms with van der Waals surface area (Å²) in [7, 11) is 0. The topological polar surface area (TPSA) is 12.0 Å². The van der Waals surface area contributed by atoms with Gasteiger partial charge in [0.1, 0.15) is 0 Å². The highest BCUT2D eigenvalue weighted by molar-refractivity contribution is 7.12. The van der Waals surface area contributed by atoms with Crippen LogP contribution in [0, 0.1) is 6.92 Å². The fourth-order valence-corrected chi connectivity index (χ4v) is 4.32. The molecule has 1 aromatic heterocycles. The molecular weight excluding hydrogens is 274 g/mol. The fourth-order valence-electron chi connectivity index (χ4n) is 3.11. The Morgan fingerprint density at radius 3 is 2.95 bits per heavy atom. The van der Waals surface area contributed by atoms with Crippen LogP contribution < -0.4 is 5.32 Å². The van der Waals surface area contributed by atoms with Crippen LogP contribution in [0.1, 0.15) is 46.2 Å². The highest BCUT2D eigenvalue weighted by atomic mass is 32.1. The molecule has 3 rings (SSSR count). The average Bonchev–Trinajstić information content (AvgIpc) is 3.04. The molecule has 2 heteroatoms. The molecule has 0 fully saturated rings. The standard InChI is InChI=1S/C19H25NS/c1-14-5-3-6-16(11-14)10-9-15(2)20-13-18-12-17-7-4-8-19(17)21-18/h3,5-6,11-12,15,20H,4,7-10,13H2,1-2H3. The SMILES string of the molecule is Cc1cccc(CCC(C)NCc2cc3c(s2)CCC3)c1. The van der Waals surface area contributed by atoms with E-state index in [1.54, 1.807) is 10.4 Å². The second-order valence-corrected chi connectivity index (χ2v) is 7.55. The Bertz CT molecular complexity index is 578. The molecular formula is C19H25NS. The molecule has 112 valence electrons. The van der Waals surface area contributed by atoms with Gasteiger partial charge >= 0.3 is 0 Å². The molecule has 1 N–H and O–H groups in total. The van der Waals surface area contributed by atoms with Crippen LogP contribution in [0.2, 0.25) is 0 Å². The van der Waals surface area contributed by atoms with Crippen LogP contribution in [0.5, 0.6) is 0 Å². The number of thiophene rings is 1. The van der Waals surface area contributed by atoms with Crippen molar-refractivity contribution in [2.75, 3.05) is 0 Å². The van der Waals surface area contributed by atoms with Crippen molar-refractivity contribution in [1.29, 1.82) is 0 Å². The van der Waals surface area contributed by atoms with Crippen molar-refractivity contribution < 1.29 is 0 Å². The first-order chi connectivity index (χ1) is 10.2. The summed E-state index contributed by atoms with van der Waals surface area (Å²) in [4.78, 5) is 3.15.